The van der Waals surface area contributed by atoms with Crippen molar-refractivity contribution in [3.63, 3.8) is 0 Å². The largest absolute Gasteiger partial charge is 0.446 e. The fraction of sp³-hybridized carbons (Fsp3) is 0.429. The highest BCUT2D eigenvalue weighted by molar-refractivity contribution is 7.99. The molecule has 0 saturated heterocycles. The number of hydrogen-bond acceptors (Lipinski definition) is 6. The smallest absolute Gasteiger partial charge is 0.421 e. The Kier molecular flexibility index (Phi) is 5.46. The maximum Gasteiger partial charge on any atom is 0.421 e. The SMILES string of the molecule is CCCSc1ccc2nc(N)n(C(=O)OCCOC)c2c1. The molecule has 2 aromatic rings. The van der Waals surface area contributed by atoms with Gasteiger partial charge in [0.25, 0.3) is 0 Å². The van der Waals surface area contributed by atoms with E-state index in [0.29, 0.717) is 17.6 Å². The van der Waals surface area contributed by atoms with Gasteiger partial charge in [-0.05, 0) is 30.4 Å². The Bertz CT molecular complexity index is 627. The molecule has 0 unspecified atom stereocenters. The molecule has 0 fully saturated rings. The third-order valence-corrected chi connectivity index (χ3v) is 4.02. The zero-order valence-corrected chi connectivity index (χ0v) is 13.0. The summed E-state index contributed by atoms with van der Waals surface area (Å²) in [5.74, 6) is 1.15. The molecule has 0 spiro atoms. The predicted octanol–water partition coefficient (Wildman–Crippen LogP) is 2.75. The number of methoxy groups -OCH3 is 1. The number of fused-ring (bicyclic) bond motifs is 1. The minimum Gasteiger partial charge on any atom is -0.446 e. The number of hydrogen-bond donors (Lipinski definition) is 1. The number of carbonyl (C=O) groups excluding carboxylic acids is 1. The number of carbonyl (C=O) groups is 1. The molecule has 2 rings (SSSR count). The number of imidazole rings is 1. The Labute approximate surface area is 127 Å². The molecule has 0 bridgehead atoms. The second kappa shape index (κ2) is 7.33. The number of rotatable bonds is 6. The molecule has 1 aromatic carbocycles. The first-order valence-corrected chi connectivity index (χ1v) is 7.72. The lowest BCUT2D eigenvalue weighted by Crippen LogP contribution is -2.18. The first kappa shape index (κ1) is 15.7. The number of ether oxygens (including phenoxy) is 2. The van der Waals surface area contributed by atoms with Crippen LogP contribution in [0.5, 0.6) is 0 Å². The Morgan fingerprint density at radius 3 is 2.95 bits per heavy atom. The van der Waals surface area contributed by atoms with E-state index in [1.54, 1.807) is 18.9 Å². The molecular weight excluding hydrogens is 290 g/mol. The Morgan fingerprint density at radius 1 is 1.43 bits per heavy atom. The number of anilines is 1. The standard InChI is InChI=1S/C14H19N3O3S/c1-3-8-21-10-4-5-11-12(9-10)17(13(15)16-11)14(18)20-7-6-19-2/h4-5,9H,3,6-8H2,1-2H3,(H2,15,16). The van der Waals surface area contributed by atoms with Crippen LogP contribution < -0.4 is 5.73 Å². The minimum atomic E-state index is -0.537. The minimum absolute atomic E-state index is 0.130. The van der Waals surface area contributed by atoms with Crippen molar-refractivity contribution in [3.05, 3.63) is 18.2 Å². The van der Waals surface area contributed by atoms with Crippen LogP contribution in [0.1, 0.15) is 13.3 Å². The number of thioether (sulfide) groups is 1. The van der Waals surface area contributed by atoms with Crippen molar-refractivity contribution in [3.8, 4) is 0 Å². The van der Waals surface area contributed by atoms with Crippen LogP contribution in [0.4, 0.5) is 10.7 Å². The lowest BCUT2D eigenvalue weighted by atomic mass is 10.3. The first-order chi connectivity index (χ1) is 10.2. The van der Waals surface area contributed by atoms with E-state index in [2.05, 4.69) is 11.9 Å². The zero-order chi connectivity index (χ0) is 15.2. The molecule has 1 heterocycles. The van der Waals surface area contributed by atoms with Gasteiger partial charge in [-0.1, -0.05) is 6.92 Å². The van der Waals surface area contributed by atoms with E-state index in [1.165, 1.54) is 4.57 Å². The molecule has 2 N–H and O–H groups in total. The topological polar surface area (TPSA) is 79.4 Å². The molecule has 6 nitrogen and oxygen atoms in total. The summed E-state index contributed by atoms with van der Waals surface area (Å²) < 4.78 is 11.3. The van der Waals surface area contributed by atoms with Crippen molar-refractivity contribution >= 4 is 34.8 Å². The van der Waals surface area contributed by atoms with Crippen LogP contribution in [0.15, 0.2) is 23.1 Å². The maximum absolute atomic E-state index is 12.1. The van der Waals surface area contributed by atoms with Gasteiger partial charge in [-0.25, -0.2) is 14.3 Å². The van der Waals surface area contributed by atoms with Crippen LogP contribution in [0.2, 0.25) is 0 Å². The van der Waals surface area contributed by atoms with E-state index >= 15 is 0 Å². The highest BCUT2D eigenvalue weighted by Gasteiger charge is 2.16. The lowest BCUT2D eigenvalue weighted by molar-refractivity contribution is 0.100. The summed E-state index contributed by atoms with van der Waals surface area (Å²) in [7, 11) is 1.55. The molecule has 0 radical (unpaired) electrons. The van der Waals surface area contributed by atoms with Gasteiger partial charge in [-0.3, -0.25) is 0 Å². The van der Waals surface area contributed by atoms with Crippen LogP contribution in [0.3, 0.4) is 0 Å². The van der Waals surface area contributed by atoms with Gasteiger partial charge in [0.2, 0.25) is 5.95 Å². The van der Waals surface area contributed by atoms with Crippen molar-refractivity contribution in [2.45, 2.75) is 18.2 Å². The zero-order valence-electron chi connectivity index (χ0n) is 12.2. The summed E-state index contributed by atoms with van der Waals surface area (Å²) in [5.41, 5.74) is 7.16. The van der Waals surface area contributed by atoms with E-state index in [9.17, 15) is 4.79 Å². The Balaban J connectivity index is 2.28. The molecule has 114 valence electrons. The van der Waals surface area contributed by atoms with Crippen molar-refractivity contribution in [2.24, 2.45) is 0 Å². The molecule has 0 aliphatic heterocycles. The van der Waals surface area contributed by atoms with Gasteiger partial charge in [0, 0.05) is 12.0 Å². The van der Waals surface area contributed by atoms with Gasteiger partial charge in [0.15, 0.2) is 0 Å². The monoisotopic (exact) mass is 309 g/mol. The second-order valence-electron chi connectivity index (χ2n) is 4.41. The van der Waals surface area contributed by atoms with Gasteiger partial charge < -0.3 is 15.2 Å². The van der Waals surface area contributed by atoms with Crippen molar-refractivity contribution < 1.29 is 14.3 Å². The third kappa shape index (κ3) is 3.68. The molecule has 7 heteroatoms. The van der Waals surface area contributed by atoms with Gasteiger partial charge >= 0.3 is 6.09 Å². The number of aromatic nitrogens is 2. The number of nitrogen functional groups attached to an aromatic ring is 1. The van der Waals surface area contributed by atoms with Crippen molar-refractivity contribution in [1.82, 2.24) is 9.55 Å². The molecule has 0 atom stereocenters. The number of nitrogens with zero attached hydrogens (tertiary/aromatic N) is 2. The first-order valence-electron chi connectivity index (χ1n) is 6.74. The third-order valence-electron chi connectivity index (χ3n) is 2.82. The number of nitrogens with two attached hydrogens (primary N) is 1. The fourth-order valence-corrected chi connectivity index (χ4v) is 2.65. The van der Waals surface area contributed by atoms with E-state index in [1.807, 2.05) is 18.2 Å². The maximum atomic E-state index is 12.1. The predicted molar refractivity (Wildman–Crippen MR) is 83.8 cm³/mol. The molecular formula is C14H19N3O3S. The average molecular weight is 309 g/mol. The fourth-order valence-electron chi connectivity index (χ4n) is 1.85. The van der Waals surface area contributed by atoms with E-state index in [4.69, 9.17) is 15.2 Å². The highest BCUT2D eigenvalue weighted by Crippen LogP contribution is 2.25. The molecule has 0 aliphatic carbocycles. The summed E-state index contributed by atoms with van der Waals surface area (Å²) >= 11 is 1.73. The molecule has 0 amide bonds. The van der Waals surface area contributed by atoms with Crippen LogP contribution in [-0.4, -0.2) is 41.7 Å². The van der Waals surface area contributed by atoms with Crippen LogP contribution in [-0.2, 0) is 9.47 Å². The quantitative estimate of drug-likeness (QED) is 0.653. The molecule has 0 saturated carbocycles. The van der Waals surface area contributed by atoms with E-state index in [-0.39, 0.29) is 12.6 Å². The summed E-state index contributed by atoms with van der Waals surface area (Å²) in [6.07, 6.45) is 0.549. The molecule has 21 heavy (non-hydrogen) atoms. The van der Waals surface area contributed by atoms with Crippen LogP contribution in [0.25, 0.3) is 11.0 Å². The summed E-state index contributed by atoms with van der Waals surface area (Å²) in [6, 6.07) is 5.76. The Morgan fingerprint density at radius 2 is 2.24 bits per heavy atom. The molecule has 0 aliphatic rings. The highest BCUT2D eigenvalue weighted by atomic mass is 32.2. The van der Waals surface area contributed by atoms with Gasteiger partial charge in [-0.2, -0.15) is 0 Å². The van der Waals surface area contributed by atoms with E-state index in [0.717, 1.165) is 17.1 Å². The lowest BCUT2D eigenvalue weighted by Gasteiger charge is -2.07. The average Bonchev–Trinajstić information content (AvgIpc) is 2.80. The number of benzene rings is 1. The van der Waals surface area contributed by atoms with Crippen LogP contribution in [0, 0.1) is 0 Å². The second-order valence-corrected chi connectivity index (χ2v) is 5.58. The van der Waals surface area contributed by atoms with Gasteiger partial charge in [0.1, 0.15) is 6.61 Å². The van der Waals surface area contributed by atoms with Crippen LogP contribution >= 0.6 is 11.8 Å². The van der Waals surface area contributed by atoms with Crippen molar-refractivity contribution in [1.29, 1.82) is 0 Å². The normalized spacial score (nSPS) is 11.0. The summed E-state index contributed by atoms with van der Waals surface area (Å²) in [5, 5.41) is 0. The molecule has 1 aromatic heterocycles. The van der Waals surface area contributed by atoms with E-state index < -0.39 is 6.09 Å². The summed E-state index contributed by atoms with van der Waals surface area (Å²) in [4.78, 5) is 17.4. The Hall–Kier alpha value is -1.73. The van der Waals surface area contributed by atoms with Gasteiger partial charge in [-0.15, -0.1) is 11.8 Å². The van der Waals surface area contributed by atoms with Gasteiger partial charge in [0.05, 0.1) is 17.6 Å². The van der Waals surface area contributed by atoms with Crippen molar-refractivity contribution in [2.75, 3.05) is 31.8 Å². The summed E-state index contributed by atoms with van der Waals surface area (Å²) in [6.45, 7) is 2.65.